The Hall–Kier alpha value is -1.29. The minimum atomic E-state index is 0.146. The van der Waals surface area contributed by atoms with Crippen LogP contribution in [0.1, 0.15) is 22.9 Å². The van der Waals surface area contributed by atoms with E-state index in [4.69, 9.17) is 21.8 Å². The van der Waals surface area contributed by atoms with Gasteiger partial charge < -0.3 is 10.2 Å². The maximum absolute atomic E-state index is 6.04. The number of hydrogen-bond acceptors (Lipinski definition) is 3. The van der Waals surface area contributed by atoms with Crippen LogP contribution in [0.4, 0.5) is 0 Å². The zero-order valence-electron chi connectivity index (χ0n) is 11.3. The van der Waals surface area contributed by atoms with Crippen LogP contribution in [-0.2, 0) is 6.54 Å². The molecule has 0 aliphatic rings. The molecule has 1 aromatic heterocycles. The summed E-state index contributed by atoms with van der Waals surface area (Å²) in [5, 5.41) is 0.740. The van der Waals surface area contributed by atoms with Crippen molar-refractivity contribution in [1.29, 1.82) is 0 Å². The largest absolute Gasteiger partial charge is 0.469 e. The Kier molecular flexibility index (Phi) is 4.64. The van der Waals surface area contributed by atoms with Crippen molar-refractivity contribution < 1.29 is 4.42 Å². The number of nitrogens with zero attached hydrogens (tertiary/aromatic N) is 1. The minimum absolute atomic E-state index is 0.146. The van der Waals surface area contributed by atoms with Crippen LogP contribution in [0.25, 0.3) is 0 Å². The zero-order chi connectivity index (χ0) is 13.8. The van der Waals surface area contributed by atoms with Crippen molar-refractivity contribution in [3.63, 3.8) is 0 Å². The van der Waals surface area contributed by atoms with Gasteiger partial charge in [-0.3, -0.25) is 4.90 Å². The maximum Gasteiger partial charge on any atom is 0.105 e. The summed E-state index contributed by atoms with van der Waals surface area (Å²) in [6, 6.07) is 10.0. The average molecular weight is 279 g/mol. The van der Waals surface area contributed by atoms with Crippen LogP contribution in [0.2, 0.25) is 5.02 Å². The molecule has 3 nitrogen and oxygen atoms in total. The molecule has 0 saturated heterocycles. The Morgan fingerprint density at radius 1 is 1.37 bits per heavy atom. The predicted octanol–water partition coefficient (Wildman–Crippen LogP) is 3.37. The lowest BCUT2D eigenvalue weighted by Gasteiger charge is -2.27. The van der Waals surface area contributed by atoms with Gasteiger partial charge in [0, 0.05) is 29.7 Å². The van der Waals surface area contributed by atoms with Crippen LogP contribution < -0.4 is 5.73 Å². The van der Waals surface area contributed by atoms with E-state index in [-0.39, 0.29) is 6.04 Å². The molecule has 0 aliphatic carbocycles. The smallest absolute Gasteiger partial charge is 0.105 e. The lowest BCUT2D eigenvalue weighted by Crippen LogP contribution is -2.30. The number of halogens is 1. The molecule has 102 valence electrons. The van der Waals surface area contributed by atoms with Crippen LogP contribution in [-0.4, -0.2) is 18.5 Å². The van der Waals surface area contributed by atoms with Crippen LogP contribution in [0.15, 0.2) is 41.0 Å². The van der Waals surface area contributed by atoms with E-state index in [1.165, 1.54) is 5.56 Å². The summed E-state index contributed by atoms with van der Waals surface area (Å²) in [6.45, 7) is 3.32. The molecule has 4 heteroatoms. The second kappa shape index (κ2) is 6.24. The molecule has 1 heterocycles. The molecular weight excluding hydrogens is 260 g/mol. The maximum atomic E-state index is 6.04. The number of nitrogens with two attached hydrogens (primary N) is 1. The molecule has 0 fully saturated rings. The van der Waals surface area contributed by atoms with E-state index in [0.29, 0.717) is 6.54 Å². The fourth-order valence-electron chi connectivity index (χ4n) is 2.24. The molecule has 0 spiro atoms. The van der Waals surface area contributed by atoms with Crippen LogP contribution in [0.5, 0.6) is 0 Å². The van der Waals surface area contributed by atoms with Crippen molar-refractivity contribution in [2.45, 2.75) is 19.5 Å². The summed E-state index contributed by atoms with van der Waals surface area (Å²) in [5.74, 6) is 0.953. The highest BCUT2D eigenvalue weighted by Gasteiger charge is 2.17. The summed E-state index contributed by atoms with van der Waals surface area (Å²) in [5.41, 5.74) is 8.24. The van der Waals surface area contributed by atoms with Crippen molar-refractivity contribution in [1.82, 2.24) is 4.90 Å². The Bertz CT molecular complexity index is 538. The van der Waals surface area contributed by atoms with Gasteiger partial charge in [0.05, 0.1) is 6.26 Å². The van der Waals surface area contributed by atoms with E-state index in [1.54, 1.807) is 6.26 Å². The van der Waals surface area contributed by atoms with Gasteiger partial charge in [0.25, 0.3) is 0 Å². The van der Waals surface area contributed by atoms with E-state index in [1.807, 2.05) is 31.2 Å². The number of furan rings is 1. The van der Waals surface area contributed by atoms with E-state index in [2.05, 4.69) is 18.0 Å². The molecule has 2 rings (SSSR count). The van der Waals surface area contributed by atoms with Gasteiger partial charge >= 0.3 is 0 Å². The molecule has 0 radical (unpaired) electrons. The molecule has 2 N–H and O–H groups in total. The van der Waals surface area contributed by atoms with Crippen molar-refractivity contribution >= 4 is 11.6 Å². The lowest BCUT2D eigenvalue weighted by atomic mass is 10.1. The van der Waals surface area contributed by atoms with Gasteiger partial charge in [0.15, 0.2) is 0 Å². The van der Waals surface area contributed by atoms with Crippen LogP contribution >= 0.6 is 11.6 Å². The summed E-state index contributed by atoms with van der Waals surface area (Å²) in [4.78, 5) is 2.21. The average Bonchev–Trinajstić information content (AvgIpc) is 2.76. The van der Waals surface area contributed by atoms with E-state index in [0.717, 1.165) is 22.9 Å². The molecule has 2 aromatic rings. The molecule has 0 bridgehead atoms. The molecule has 0 aliphatic heterocycles. The van der Waals surface area contributed by atoms with E-state index < -0.39 is 0 Å². The molecule has 0 saturated carbocycles. The zero-order valence-corrected chi connectivity index (χ0v) is 12.0. The van der Waals surface area contributed by atoms with Crippen molar-refractivity contribution in [2.24, 2.45) is 5.73 Å². The SMILES string of the molecule is Cc1occc1CN(C)C(CN)c1cccc(Cl)c1. The second-order valence-electron chi connectivity index (χ2n) is 4.72. The lowest BCUT2D eigenvalue weighted by molar-refractivity contribution is 0.240. The first-order valence-electron chi connectivity index (χ1n) is 6.30. The Morgan fingerprint density at radius 3 is 2.74 bits per heavy atom. The van der Waals surface area contributed by atoms with Gasteiger partial charge in [-0.1, -0.05) is 23.7 Å². The molecule has 19 heavy (non-hydrogen) atoms. The van der Waals surface area contributed by atoms with E-state index in [9.17, 15) is 0 Å². The normalized spacial score (nSPS) is 12.9. The highest BCUT2D eigenvalue weighted by atomic mass is 35.5. The monoisotopic (exact) mass is 278 g/mol. The molecule has 1 aromatic carbocycles. The standard InChI is InChI=1S/C15H19ClN2O/c1-11-13(6-7-19-11)10-18(2)15(9-17)12-4-3-5-14(16)8-12/h3-8,15H,9-10,17H2,1-2H3. The van der Waals surface area contributed by atoms with Crippen molar-refractivity contribution in [2.75, 3.05) is 13.6 Å². The van der Waals surface area contributed by atoms with Gasteiger partial charge in [-0.2, -0.15) is 0 Å². The number of rotatable bonds is 5. The van der Waals surface area contributed by atoms with Gasteiger partial charge in [0.2, 0.25) is 0 Å². The van der Waals surface area contributed by atoms with E-state index >= 15 is 0 Å². The topological polar surface area (TPSA) is 42.4 Å². The Balaban J connectivity index is 2.15. The number of hydrogen-bond donors (Lipinski definition) is 1. The van der Waals surface area contributed by atoms with Crippen LogP contribution in [0.3, 0.4) is 0 Å². The van der Waals surface area contributed by atoms with Gasteiger partial charge in [-0.25, -0.2) is 0 Å². The number of aryl methyl sites for hydroxylation is 1. The highest BCUT2D eigenvalue weighted by Crippen LogP contribution is 2.24. The third-order valence-electron chi connectivity index (χ3n) is 3.37. The third-order valence-corrected chi connectivity index (χ3v) is 3.61. The molecule has 1 atom stereocenters. The van der Waals surface area contributed by atoms with Crippen molar-refractivity contribution in [3.05, 3.63) is 58.5 Å². The number of likely N-dealkylation sites (N-methyl/N-ethyl adjacent to an activating group) is 1. The first-order valence-corrected chi connectivity index (χ1v) is 6.68. The first kappa shape index (κ1) is 14.1. The highest BCUT2D eigenvalue weighted by molar-refractivity contribution is 6.30. The Morgan fingerprint density at radius 2 is 2.16 bits per heavy atom. The van der Waals surface area contributed by atoms with Gasteiger partial charge in [-0.05, 0) is 37.7 Å². The Labute approximate surface area is 119 Å². The third kappa shape index (κ3) is 3.38. The van der Waals surface area contributed by atoms with Gasteiger partial charge in [-0.15, -0.1) is 0 Å². The summed E-state index contributed by atoms with van der Waals surface area (Å²) >= 11 is 6.04. The fourth-order valence-corrected chi connectivity index (χ4v) is 2.44. The summed E-state index contributed by atoms with van der Waals surface area (Å²) in [7, 11) is 2.06. The second-order valence-corrected chi connectivity index (χ2v) is 5.16. The quantitative estimate of drug-likeness (QED) is 0.912. The fraction of sp³-hybridized carbons (Fsp3) is 0.333. The predicted molar refractivity (Wildman–Crippen MR) is 78.2 cm³/mol. The molecule has 1 unspecified atom stereocenters. The van der Waals surface area contributed by atoms with Gasteiger partial charge in [0.1, 0.15) is 5.76 Å². The summed E-state index contributed by atoms with van der Waals surface area (Å²) in [6.07, 6.45) is 1.72. The van der Waals surface area contributed by atoms with Crippen LogP contribution in [0, 0.1) is 6.92 Å². The molecule has 0 amide bonds. The first-order chi connectivity index (χ1) is 9.11. The molecular formula is C15H19ClN2O. The van der Waals surface area contributed by atoms with Crippen molar-refractivity contribution in [3.8, 4) is 0 Å². The number of benzene rings is 1. The minimum Gasteiger partial charge on any atom is -0.469 e. The summed E-state index contributed by atoms with van der Waals surface area (Å²) < 4.78 is 5.32.